The van der Waals surface area contributed by atoms with E-state index in [-0.39, 0.29) is 0 Å². The molecular weight excluding hydrogens is 583 g/mol. The van der Waals surface area contributed by atoms with Crippen LogP contribution in [0.4, 0.5) is 17.1 Å². The van der Waals surface area contributed by atoms with Crippen LogP contribution < -0.4 is 4.90 Å². The first-order valence-electron chi connectivity index (χ1n) is 16.4. The van der Waals surface area contributed by atoms with E-state index in [1.54, 1.807) is 0 Å². The van der Waals surface area contributed by atoms with Gasteiger partial charge in [0.15, 0.2) is 0 Å². The molecule has 0 unspecified atom stereocenters. The Bertz CT molecular complexity index is 2760. The minimum Gasteiger partial charge on any atom is -0.310 e. The zero-order valence-electron chi connectivity index (χ0n) is 26.1. The van der Waals surface area contributed by atoms with Crippen LogP contribution in [-0.4, -0.2) is 9.55 Å². The van der Waals surface area contributed by atoms with E-state index in [2.05, 4.69) is 185 Å². The maximum Gasteiger partial charge on any atom is 0.145 e. The number of fused-ring (bicyclic) bond motifs is 4. The van der Waals surface area contributed by atoms with E-state index < -0.39 is 0 Å². The number of nitrogens with zero attached hydrogens (tertiary/aromatic N) is 3. The van der Waals surface area contributed by atoms with Crippen LogP contribution in [0.25, 0.3) is 71.2 Å². The molecule has 1 heterocycles. The molecule has 48 heavy (non-hydrogen) atoms. The molecule has 0 atom stereocenters. The van der Waals surface area contributed by atoms with Crippen molar-refractivity contribution in [2.45, 2.75) is 0 Å². The Balaban J connectivity index is 1.22. The molecule has 10 rings (SSSR count). The van der Waals surface area contributed by atoms with Crippen molar-refractivity contribution in [3.05, 3.63) is 176 Å². The van der Waals surface area contributed by atoms with Crippen LogP contribution >= 0.6 is 0 Å². The van der Waals surface area contributed by atoms with Crippen molar-refractivity contribution in [3.63, 3.8) is 0 Å². The molecule has 10 aromatic rings. The average molecular weight is 612 g/mol. The Morgan fingerprint density at radius 2 is 0.979 bits per heavy atom. The Labute approximate surface area is 277 Å². The quantitative estimate of drug-likeness (QED) is 0.181. The van der Waals surface area contributed by atoms with Crippen LogP contribution in [0.5, 0.6) is 0 Å². The van der Waals surface area contributed by atoms with Gasteiger partial charge in [-0.3, -0.25) is 4.57 Å². The number of hydrogen-bond acceptors (Lipinski definition) is 2. The van der Waals surface area contributed by atoms with Crippen molar-refractivity contribution in [3.8, 4) is 17.1 Å². The fourth-order valence-electron chi connectivity index (χ4n) is 7.53. The Hall–Kier alpha value is -6.45. The van der Waals surface area contributed by atoms with Crippen molar-refractivity contribution in [1.82, 2.24) is 9.55 Å². The molecular formula is C45H29N3. The van der Waals surface area contributed by atoms with Gasteiger partial charge in [0.05, 0.1) is 11.0 Å². The third kappa shape index (κ3) is 4.04. The maximum atomic E-state index is 5.44. The molecule has 0 bridgehead atoms. The van der Waals surface area contributed by atoms with Gasteiger partial charge in [0, 0.05) is 39.1 Å². The van der Waals surface area contributed by atoms with Crippen LogP contribution in [0, 0.1) is 0 Å². The molecule has 0 fully saturated rings. The van der Waals surface area contributed by atoms with Gasteiger partial charge in [-0.1, -0.05) is 127 Å². The molecule has 0 saturated heterocycles. The second-order valence-corrected chi connectivity index (χ2v) is 12.4. The topological polar surface area (TPSA) is 21.1 Å². The van der Waals surface area contributed by atoms with Gasteiger partial charge >= 0.3 is 0 Å². The lowest BCUT2D eigenvalue weighted by Crippen LogP contribution is -2.10. The third-order valence-corrected chi connectivity index (χ3v) is 9.68. The summed E-state index contributed by atoms with van der Waals surface area (Å²) in [5.74, 6) is 0.935. The monoisotopic (exact) mass is 611 g/mol. The molecule has 3 heteroatoms. The maximum absolute atomic E-state index is 5.44. The summed E-state index contributed by atoms with van der Waals surface area (Å²) in [6.45, 7) is 0. The molecule has 0 saturated carbocycles. The number of benzene rings is 9. The summed E-state index contributed by atoms with van der Waals surface area (Å²) in [7, 11) is 0. The lowest BCUT2D eigenvalue weighted by atomic mass is 9.93. The first-order valence-corrected chi connectivity index (χ1v) is 16.4. The smallest absolute Gasteiger partial charge is 0.145 e. The van der Waals surface area contributed by atoms with E-state index >= 15 is 0 Å². The van der Waals surface area contributed by atoms with Crippen LogP contribution in [0.15, 0.2) is 176 Å². The molecule has 0 aliphatic carbocycles. The van der Waals surface area contributed by atoms with Crippen molar-refractivity contribution in [1.29, 1.82) is 0 Å². The van der Waals surface area contributed by atoms with Gasteiger partial charge < -0.3 is 4.90 Å². The van der Waals surface area contributed by atoms with E-state index in [1.165, 1.54) is 43.1 Å². The molecule has 0 radical (unpaired) electrons. The highest BCUT2D eigenvalue weighted by Crippen LogP contribution is 2.43. The summed E-state index contributed by atoms with van der Waals surface area (Å²) in [5, 5.41) is 9.92. The molecule has 3 nitrogen and oxygen atoms in total. The minimum absolute atomic E-state index is 0.935. The van der Waals surface area contributed by atoms with Crippen LogP contribution in [0.3, 0.4) is 0 Å². The summed E-state index contributed by atoms with van der Waals surface area (Å²) >= 11 is 0. The summed E-state index contributed by atoms with van der Waals surface area (Å²) in [5.41, 5.74) is 7.64. The lowest BCUT2D eigenvalue weighted by Gasteiger charge is -2.26. The van der Waals surface area contributed by atoms with Crippen LogP contribution in [0.1, 0.15) is 0 Å². The van der Waals surface area contributed by atoms with Gasteiger partial charge in [-0.15, -0.1) is 0 Å². The predicted octanol–water partition coefficient (Wildman–Crippen LogP) is 12.2. The first kappa shape index (κ1) is 26.7. The summed E-state index contributed by atoms with van der Waals surface area (Å²) in [6, 6.07) is 63.0. The molecule has 0 aliphatic heterocycles. The summed E-state index contributed by atoms with van der Waals surface area (Å²) in [4.78, 5) is 7.77. The molecule has 0 spiro atoms. The summed E-state index contributed by atoms with van der Waals surface area (Å²) in [6.07, 6.45) is 0. The molecule has 0 amide bonds. The number of para-hydroxylation sites is 1. The first-order chi connectivity index (χ1) is 23.8. The number of aromatic nitrogens is 2. The molecule has 224 valence electrons. The van der Waals surface area contributed by atoms with Gasteiger partial charge in [0.1, 0.15) is 5.82 Å². The second kappa shape index (κ2) is 10.5. The second-order valence-electron chi connectivity index (χ2n) is 12.4. The predicted molar refractivity (Wildman–Crippen MR) is 202 cm³/mol. The zero-order valence-corrected chi connectivity index (χ0v) is 26.1. The number of anilines is 3. The number of imidazole rings is 1. The summed E-state index contributed by atoms with van der Waals surface area (Å²) < 4.78 is 2.36. The Morgan fingerprint density at radius 3 is 1.73 bits per heavy atom. The zero-order chi connectivity index (χ0) is 31.6. The fraction of sp³-hybridized carbons (Fsp3) is 0. The SMILES string of the molecule is c1ccc(-c2nc3c4cccc5ccc6cccc(c6c54)c3n2-c2ccc(N(c3ccccc3)c3ccc4ccccc4c3)cc2)cc1. The standard InChI is InChI=1S/C45H29N3/c1-3-12-33(13-4-1)45-46-43-39-19-9-15-31-21-22-32-16-10-20-40(42(32)41(31)39)44(43)48(45)37-27-25-36(26-28-37)47(35-17-5-2-6-18-35)38-24-23-30-11-7-8-14-34(30)29-38/h1-29H. The highest BCUT2D eigenvalue weighted by molar-refractivity contribution is 6.32. The minimum atomic E-state index is 0.935. The van der Waals surface area contributed by atoms with E-state index in [9.17, 15) is 0 Å². The van der Waals surface area contributed by atoms with E-state index in [1.807, 2.05) is 0 Å². The van der Waals surface area contributed by atoms with Crippen molar-refractivity contribution in [2.75, 3.05) is 4.90 Å². The van der Waals surface area contributed by atoms with E-state index in [4.69, 9.17) is 4.98 Å². The number of hydrogen-bond donors (Lipinski definition) is 0. The van der Waals surface area contributed by atoms with Gasteiger partial charge in [0.2, 0.25) is 0 Å². The third-order valence-electron chi connectivity index (χ3n) is 9.68. The van der Waals surface area contributed by atoms with Gasteiger partial charge in [-0.05, 0) is 80.8 Å². The highest BCUT2D eigenvalue weighted by atomic mass is 15.1. The van der Waals surface area contributed by atoms with E-state index in [0.29, 0.717) is 0 Å². The normalized spacial score (nSPS) is 11.8. The molecule has 9 aromatic carbocycles. The molecule has 0 aliphatic rings. The largest absolute Gasteiger partial charge is 0.310 e. The van der Waals surface area contributed by atoms with Gasteiger partial charge in [-0.2, -0.15) is 0 Å². The average Bonchev–Trinajstić information content (AvgIpc) is 3.57. The van der Waals surface area contributed by atoms with Crippen LogP contribution in [0.2, 0.25) is 0 Å². The number of rotatable bonds is 5. The molecule has 0 N–H and O–H groups in total. The Morgan fingerprint density at radius 1 is 0.417 bits per heavy atom. The molecule has 1 aromatic heterocycles. The Kier molecular flexibility index (Phi) is 5.87. The van der Waals surface area contributed by atoms with E-state index in [0.717, 1.165) is 45.2 Å². The van der Waals surface area contributed by atoms with Crippen molar-refractivity contribution < 1.29 is 0 Å². The van der Waals surface area contributed by atoms with Crippen molar-refractivity contribution >= 4 is 71.2 Å². The van der Waals surface area contributed by atoms with Gasteiger partial charge in [-0.25, -0.2) is 4.98 Å². The fourth-order valence-corrected chi connectivity index (χ4v) is 7.53. The lowest BCUT2D eigenvalue weighted by molar-refractivity contribution is 1.10. The van der Waals surface area contributed by atoms with Crippen LogP contribution in [-0.2, 0) is 0 Å². The highest BCUT2D eigenvalue weighted by Gasteiger charge is 2.22. The van der Waals surface area contributed by atoms with Gasteiger partial charge in [0.25, 0.3) is 0 Å². The van der Waals surface area contributed by atoms with Crippen molar-refractivity contribution in [2.24, 2.45) is 0 Å².